The van der Waals surface area contributed by atoms with Gasteiger partial charge in [0.25, 0.3) is 0 Å². The molecule has 0 unspecified atom stereocenters. The first-order chi connectivity index (χ1) is 9.69. The number of carbonyl (C=O) groups excluding carboxylic acids is 1. The molecule has 3 aromatic rings. The minimum Gasteiger partial charge on any atom is -0.449 e. The Hall–Kier alpha value is -2.42. The van der Waals surface area contributed by atoms with Crippen LogP contribution in [0.1, 0.15) is 28.6 Å². The number of fused-ring (bicyclic) bond motifs is 1. The van der Waals surface area contributed by atoms with Crippen LogP contribution < -0.4 is 0 Å². The van der Waals surface area contributed by atoms with Gasteiger partial charge in [-0.3, -0.25) is 4.79 Å². The molecule has 0 atom stereocenters. The number of halogens is 1. The second kappa shape index (κ2) is 4.93. The van der Waals surface area contributed by atoms with Crippen molar-refractivity contribution in [2.24, 2.45) is 0 Å². The Morgan fingerprint density at radius 1 is 1.15 bits per heavy atom. The summed E-state index contributed by atoms with van der Waals surface area (Å²) in [6.45, 7) is 2.05. The van der Waals surface area contributed by atoms with Crippen LogP contribution in [0, 0.1) is 5.82 Å². The van der Waals surface area contributed by atoms with Gasteiger partial charge in [0.1, 0.15) is 0 Å². The summed E-state index contributed by atoms with van der Waals surface area (Å²) in [7, 11) is 0. The third-order valence-corrected chi connectivity index (χ3v) is 3.34. The molecule has 3 rings (SSSR count). The Bertz CT molecular complexity index is 769. The first-order valence-corrected chi connectivity index (χ1v) is 6.50. The number of ketones is 1. The first kappa shape index (κ1) is 12.6. The van der Waals surface area contributed by atoms with Crippen molar-refractivity contribution in [2.45, 2.75) is 13.3 Å². The molecule has 0 amide bonds. The number of hydrogen-bond donors (Lipinski definition) is 0. The van der Waals surface area contributed by atoms with E-state index in [0.717, 1.165) is 12.0 Å². The minimum absolute atomic E-state index is 0.126. The number of aryl methyl sites for hydroxylation is 1. The van der Waals surface area contributed by atoms with Gasteiger partial charge in [0.15, 0.2) is 17.2 Å². The summed E-state index contributed by atoms with van der Waals surface area (Å²) >= 11 is 0. The summed E-state index contributed by atoms with van der Waals surface area (Å²) in [6.07, 6.45) is 0.921. The molecule has 0 saturated carbocycles. The molecule has 2 aromatic carbocycles. The Balaban J connectivity index is 2.01. The highest BCUT2D eigenvalue weighted by atomic mass is 19.1. The zero-order valence-corrected chi connectivity index (χ0v) is 11.0. The lowest BCUT2D eigenvalue weighted by molar-refractivity contribution is 0.101. The molecule has 0 aliphatic rings. The maximum atomic E-state index is 13.6. The molecular weight excluding hydrogens is 255 g/mol. The van der Waals surface area contributed by atoms with Crippen molar-refractivity contribution in [3.05, 3.63) is 71.2 Å². The van der Waals surface area contributed by atoms with Crippen molar-refractivity contribution in [3.8, 4) is 0 Å². The molecule has 1 aromatic heterocycles. The zero-order valence-electron chi connectivity index (χ0n) is 11.0. The van der Waals surface area contributed by atoms with E-state index in [-0.39, 0.29) is 17.1 Å². The van der Waals surface area contributed by atoms with Gasteiger partial charge in [-0.1, -0.05) is 43.3 Å². The van der Waals surface area contributed by atoms with Gasteiger partial charge in [-0.15, -0.1) is 0 Å². The third-order valence-electron chi connectivity index (χ3n) is 3.34. The summed E-state index contributed by atoms with van der Waals surface area (Å²) in [6, 6.07) is 13.6. The van der Waals surface area contributed by atoms with Gasteiger partial charge >= 0.3 is 0 Å². The van der Waals surface area contributed by atoms with Gasteiger partial charge in [-0.05, 0) is 24.1 Å². The number of rotatable bonds is 3. The van der Waals surface area contributed by atoms with E-state index in [1.807, 2.05) is 12.1 Å². The topological polar surface area (TPSA) is 30.2 Å². The number of hydrogen-bond acceptors (Lipinski definition) is 2. The van der Waals surface area contributed by atoms with Crippen LogP contribution in [0.25, 0.3) is 11.0 Å². The number of furan rings is 1. The highest BCUT2D eigenvalue weighted by molar-refractivity contribution is 6.09. The van der Waals surface area contributed by atoms with Crippen LogP contribution in [0.2, 0.25) is 0 Å². The van der Waals surface area contributed by atoms with E-state index in [0.29, 0.717) is 10.9 Å². The molecule has 0 fully saturated rings. The second-order valence-corrected chi connectivity index (χ2v) is 4.65. The van der Waals surface area contributed by atoms with E-state index in [4.69, 9.17) is 4.42 Å². The maximum Gasteiger partial charge on any atom is 0.228 e. The molecule has 20 heavy (non-hydrogen) atoms. The second-order valence-electron chi connectivity index (χ2n) is 4.65. The summed E-state index contributed by atoms with van der Waals surface area (Å²) in [5.74, 6) is -0.527. The normalized spacial score (nSPS) is 10.9. The average Bonchev–Trinajstić information content (AvgIpc) is 2.92. The fraction of sp³-hybridized carbons (Fsp3) is 0.118. The van der Waals surface area contributed by atoms with Gasteiger partial charge in [0.2, 0.25) is 5.78 Å². The van der Waals surface area contributed by atoms with Crippen molar-refractivity contribution < 1.29 is 13.6 Å². The van der Waals surface area contributed by atoms with E-state index >= 15 is 0 Å². The van der Waals surface area contributed by atoms with E-state index in [2.05, 4.69) is 6.92 Å². The zero-order chi connectivity index (χ0) is 14.1. The Labute approximate surface area is 115 Å². The van der Waals surface area contributed by atoms with E-state index in [1.54, 1.807) is 30.3 Å². The van der Waals surface area contributed by atoms with Crippen LogP contribution in [0.5, 0.6) is 0 Å². The third kappa shape index (κ3) is 2.11. The smallest absolute Gasteiger partial charge is 0.228 e. The number of para-hydroxylation sites is 1. The lowest BCUT2D eigenvalue weighted by Crippen LogP contribution is -1.99. The van der Waals surface area contributed by atoms with Crippen LogP contribution in [-0.2, 0) is 6.42 Å². The van der Waals surface area contributed by atoms with E-state index in [9.17, 15) is 9.18 Å². The van der Waals surface area contributed by atoms with Crippen LogP contribution in [0.15, 0.2) is 52.9 Å². The molecule has 0 N–H and O–H groups in total. The Morgan fingerprint density at radius 2 is 1.90 bits per heavy atom. The summed E-state index contributed by atoms with van der Waals surface area (Å²) in [5.41, 5.74) is 1.83. The molecular formula is C17H13FO2. The van der Waals surface area contributed by atoms with Crippen LogP contribution in [0.3, 0.4) is 0 Å². The average molecular weight is 268 g/mol. The number of benzene rings is 2. The molecule has 0 aliphatic heterocycles. The molecule has 2 nitrogen and oxygen atoms in total. The molecule has 0 aliphatic carbocycles. The summed E-state index contributed by atoms with van der Waals surface area (Å²) in [5, 5.41) is 0.596. The summed E-state index contributed by atoms with van der Waals surface area (Å²) < 4.78 is 18.9. The van der Waals surface area contributed by atoms with Crippen molar-refractivity contribution >= 4 is 16.8 Å². The Kier molecular flexibility index (Phi) is 3.11. The molecule has 1 heterocycles. The summed E-state index contributed by atoms with van der Waals surface area (Å²) in [4.78, 5) is 12.3. The lowest BCUT2D eigenvalue weighted by Gasteiger charge is -1.99. The standard InChI is InChI=1S/C17H13FO2/c1-2-11-6-8-12(9-7-11)16(19)15-10-13-4-3-5-14(18)17(13)20-15/h3-10H,2H2,1H3. The first-order valence-electron chi connectivity index (χ1n) is 6.50. The SMILES string of the molecule is CCc1ccc(C(=O)c2cc3cccc(F)c3o2)cc1. The van der Waals surface area contributed by atoms with Crippen LogP contribution in [-0.4, -0.2) is 5.78 Å². The predicted molar refractivity (Wildman–Crippen MR) is 75.4 cm³/mol. The fourth-order valence-corrected chi connectivity index (χ4v) is 2.17. The van der Waals surface area contributed by atoms with E-state index < -0.39 is 5.82 Å². The van der Waals surface area contributed by atoms with Gasteiger partial charge in [-0.25, -0.2) is 4.39 Å². The highest BCUT2D eigenvalue weighted by Crippen LogP contribution is 2.24. The molecule has 0 radical (unpaired) electrons. The molecule has 100 valence electrons. The van der Waals surface area contributed by atoms with Crippen molar-refractivity contribution in [2.75, 3.05) is 0 Å². The molecule has 0 saturated heterocycles. The van der Waals surface area contributed by atoms with Crippen molar-refractivity contribution in [1.29, 1.82) is 0 Å². The molecule has 0 bridgehead atoms. The molecule has 0 spiro atoms. The lowest BCUT2D eigenvalue weighted by atomic mass is 10.1. The van der Waals surface area contributed by atoms with Crippen molar-refractivity contribution in [3.63, 3.8) is 0 Å². The highest BCUT2D eigenvalue weighted by Gasteiger charge is 2.16. The largest absolute Gasteiger partial charge is 0.449 e. The van der Waals surface area contributed by atoms with Gasteiger partial charge in [0, 0.05) is 10.9 Å². The Morgan fingerprint density at radius 3 is 2.55 bits per heavy atom. The van der Waals surface area contributed by atoms with E-state index in [1.165, 1.54) is 6.07 Å². The van der Waals surface area contributed by atoms with Gasteiger partial charge in [-0.2, -0.15) is 0 Å². The quantitative estimate of drug-likeness (QED) is 0.660. The van der Waals surface area contributed by atoms with Gasteiger partial charge in [0.05, 0.1) is 0 Å². The van der Waals surface area contributed by atoms with Crippen molar-refractivity contribution in [1.82, 2.24) is 0 Å². The number of carbonyl (C=O) groups is 1. The molecule has 3 heteroatoms. The predicted octanol–water partition coefficient (Wildman–Crippen LogP) is 4.37. The monoisotopic (exact) mass is 268 g/mol. The minimum atomic E-state index is -0.456. The van der Waals surface area contributed by atoms with Crippen LogP contribution in [0.4, 0.5) is 4.39 Å². The van der Waals surface area contributed by atoms with Crippen LogP contribution >= 0.6 is 0 Å². The maximum absolute atomic E-state index is 13.6. The fourth-order valence-electron chi connectivity index (χ4n) is 2.17. The van der Waals surface area contributed by atoms with Gasteiger partial charge < -0.3 is 4.42 Å².